The Kier molecular flexibility index (Phi) is 6.10. The summed E-state index contributed by atoms with van der Waals surface area (Å²) in [7, 11) is 0. The molecule has 0 spiro atoms. The third kappa shape index (κ3) is 4.23. The second-order valence-corrected chi connectivity index (χ2v) is 7.20. The molecule has 3 aromatic rings. The summed E-state index contributed by atoms with van der Waals surface area (Å²) in [6, 6.07) is 11.2. The van der Waals surface area contributed by atoms with E-state index in [1.165, 1.54) is 20.8 Å². The smallest absolute Gasteiger partial charge is 0.330 e. The summed E-state index contributed by atoms with van der Waals surface area (Å²) in [4.78, 5) is 41.5. The minimum absolute atomic E-state index is 0.00952. The molecule has 0 unspecified atom stereocenters. The van der Waals surface area contributed by atoms with E-state index >= 15 is 0 Å². The van der Waals surface area contributed by atoms with E-state index in [4.69, 9.17) is 5.73 Å². The quantitative estimate of drug-likeness (QED) is 0.637. The number of nitrogens with one attached hydrogen (secondary N) is 1. The molecule has 146 valence electrons. The van der Waals surface area contributed by atoms with Crippen molar-refractivity contribution in [3.05, 3.63) is 79.1 Å². The van der Waals surface area contributed by atoms with Gasteiger partial charge >= 0.3 is 5.69 Å². The molecule has 0 aliphatic heterocycles. The number of hydrogen-bond donors (Lipinski definition) is 2. The van der Waals surface area contributed by atoms with Crippen molar-refractivity contribution in [2.24, 2.45) is 0 Å². The van der Waals surface area contributed by atoms with Crippen molar-refractivity contribution in [1.29, 1.82) is 0 Å². The molecule has 2 heterocycles. The van der Waals surface area contributed by atoms with Crippen LogP contribution in [0.3, 0.4) is 0 Å². The lowest BCUT2D eigenvalue weighted by Gasteiger charge is -2.24. The molecule has 1 aromatic carbocycles. The molecule has 0 fully saturated rings. The summed E-state index contributed by atoms with van der Waals surface area (Å²) in [5.74, 6) is -0.243. The Bertz CT molecular complexity index is 1060. The first-order valence-corrected chi connectivity index (χ1v) is 9.93. The van der Waals surface area contributed by atoms with Crippen molar-refractivity contribution >= 4 is 28.7 Å². The van der Waals surface area contributed by atoms with Crippen LogP contribution in [-0.2, 0) is 17.8 Å². The van der Waals surface area contributed by atoms with Gasteiger partial charge < -0.3 is 10.6 Å². The standard InChI is InChI=1S/C20H22N4O3S/c1-2-9-23(16(25)11-15-8-10-28-13-15)17-18(21)24(20(27)22-19(17)26)12-14-6-4-3-5-7-14/h3-8,10,13H,2,9,11-12,21H2,1H3,(H,22,26,27). The van der Waals surface area contributed by atoms with Gasteiger partial charge in [0.05, 0.1) is 13.0 Å². The molecule has 7 nitrogen and oxygen atoms in total. The van der Waals surface area contributed by atoms with Gasteiger partial charge in [0.1, 0.15) is 5.82 Å². The van der Waals surface area contributed by atoms with Crippen LogP contribution < -0.4 is 21.9 Å². The van der Waals surface area contributed by atoms with E-state index < -0.39 is 11.2 Å². The Labute approximate surface area is 166 Å². The SMILES string of the molecule is CCCN(C(=O)Cc1ccsc1)c1c(N)n(Cc2ccccc2)c(=O)[nH]c1=O. The lowest BCUT2D eigenvalue weighted by Crippen LogP contribution is -2.42. The van der Waals surface area contributed by atoms with Gasteiger partial charge in [-0.3, -0.25) is 19.1 Å². The Morgan fingerprint density at radius 2 is 1.93 bits per heavy atom. The summed E-state index contributed by atoms with van der Waals surface area (Å²) in [5.41, 5.74) is 6.74. The fourth-order valence-corrected chi connectivity index (χ4v) is 3.68. The zero-order valence-electron chi connectivity index (χ0n) is 15.6. The molecule has 8 heteroatoms. The van der Waals surface area contributed by atoms with Gasteiger partial charge in [-0.15, -0.1) is 0 Å². The molecule has 0 saturated carbocycles. The molecule has 0 saturated heterocycles. The van der Waals surface area contributed by atoms with Gasteiger partial charge in [0.15, 0.2) is 5.69 Å². The Hall–Kier alpha value is -3.13. The van der Waals surface area contributed by atoms with E-state index in [9.17, 15) is 14.4 Å². The first kappa shape index (κ1) is 19.6. The van der Waals surface area contributed by atoms with Crippen LogP contribution in [0.1, 0.15) is 24.5 Å². The number of carbonyl (C=O) groups is 1. The third-order valence-electron chi connectivity index (χ3n) is 4.35. The van der Waals surface area contributed by atoms with Crippen LogP contribution in [-0.4, -0.2) is 22.0 Å². The Morgan fingerprint density at radius 1 is 1.18 bits per heavy atom. The van der Waals surface area contributed by atoms with Crippen LogP contribution in [0, 0.1) is 0 Å². The number of hydrogen-bond acceptors (Lipinski definition) is 5. The Morgan fingerprint density at radius 3 is 2.57 bits per heavy atom. The van der Waals surface area contributed by atoms with E-state index in [0.29, 0.717) is 13.0 Å². The highest BCUT2D eigenvalue weighted by Gasteiger charge is 2.24. The zero-order chi connectivity index (χ0) is 20.1. The number of nitrogen functional groups attached to an aromatic ring is 1. The molecule has 2 aromatic heterocycles. The molecule has 0 atom stereocenters. The van der Waals surface area contributed by atoms with Crippen LogP contribution in [0.5, 0.6) is 0 Å². The monoisotopic (exact) mass is 398 g/mol. The second kappa shape index (κ2) is 8.71. The number of thiophene rings is 1. The normalized spacial score (nSPS) is 10.8. The van der Waals surface area contributed by atoms with Crippen molar-refractivity contribution in [1.82, 2.24) is 9.55 Å². The minimum atomic E-state index is -0.654. The number of H-pyrrole nitrogens is 1. The van der Waals surface area contributed by atoms with Crippen LogP contribution >= 0.6 is 11.3 Å². The number of amides is 1. The molecule has 0 bridgehead atoms. The largest absolute Gasteiger partial charge is 0.383 e. The van der Waals surface area contributed by atoms with Crippen molar-refractivity contribution in [3.8, 4) is 0 Å². The van der Waals surface area contributed by atoms with Crippen LogP contribution in [0.2, 0.25) is 0 Å². The number of rotatable bonds is 7. The lowest BCUT2D eigenvalue weighted by molar-refractivity contribution is -0.118. The maximum atomic E-state index is 12.9. The van der Waals surface area contributed by atoms with E-state index in [0.717, 1.165) is 11.1 Å². The maximum absolute atomic E-state index is 12.9. The predicted molar refractivity (Wildman–Crippen MR) is 112 cm³/mol. The summed E-state index contributed by atoms with van der Waals surface area (Å²) in [5, 5.41) is 3.79. The number of nitrogens with two attached hydrogens (primary N) is 1. The highest BCUT2D eigenvalue weighted by atomic mass is 32.1. The molecule has 1 amide bonds. The number of anilines is 2. The highest BCUT2D eigenvalue weighted by molar-refractivity contribution is 7.08. The lowest BCUT2D eigenvalue weighted by atomic mass is 10.2. The fraction of sp³-hybridized carbons (Fsp3) is 0.250. The average molecular weight is 398 g/mol. The van der Waals surface area contributed by atoms with Gasteiger partial charge in [-0.1, -0.05) is 37.3 Å². The van der Waals surface area contributed by atoms with Crippen molar-refractivity contribution in [2.75, 3.05) is 17.2 Å². The highest BCUT2D eigenvalue weighted by Crippen LogP contribution is 2.20. The number of benzene rings is 1. The predicted octanol–water partition coefficient (Wildman–Crippen LogP) is 2.21. The first-order chi connectivity index (χ1) is 13.5. The Balaban J connectivity index is 2.02. The molecule has 3 rings (SSSR count). The number of aromatic amines is 1. The summed E-state index contributed by atoms with van der Waals surface area (Å²) >= 11 is 1.51. The van der Waals surface area contributed by atoms with Crippen molar-refractivity contribution in [3.63, 3.8) is 0 Å². The summed E-state index contributed by atoms with van der Waals surface area (Å²) < 4.78 is 1.28. The average Bonchev–Trinajstić information content (AvgIpc) is 3.18. The van der Waals surface area contributed by atoms with Gasteiger partial charge in [0.25, 0.3) is 5.56 Å². The van der Waals surface area contributed by atoms with Crippen LogP contribution in [0.4, 0.5) is 11.5 Å². The first-order valence-electron chi connectivity index (χ1n) is 8.99. The maximum Gasteiger partial charge on any atom is 0.330 e. The molecule has 3 N–H and O–H groups in total. The van der Waals surface area contributed by atoms with E-state index in [1.54, 1.807) is 0 Å². The summed E-state index contributed by atoms with van der Waals surface area (Å²) in [6.07, 6.45) is 0.812. The van der Waals surface area contributed by atoms with Crippen molar-refractivity contribution in [2.45, 2.75) is 26.3 Å². The third-order valence-corrected chi connectivity index (χ3v) is 5.08. The van der Waals surface area contributed by atoms with Crippen LogP contribution in [0.25, 0.3) is 0 Å². The molecular formula is C20H22N4O3S. The van der Waals surface area contributed by atoms with E-state index in [-0.39, 0.29) is 30.4 Å². The molecule has 0 radical (unpaired) electrons. The zero-order valence-corrected chi connectivity index (χ0v) is 16.4. The summed E-state index contributed by atoms with van der Waals surface area (Å²) in [6.45, 7) is 2.45. The van der Waals surface area contributed by atoms with Gasteiger partial charge in [-0.05, 0) is 34.4 Å². The van der Waals surface area contributed by atoms with Gasteiger partial charge in [0, 0.05) is 6.54 Å². The van der Waals surface area contributed by atoms with Gasteiger partial charge in [-0.2, -0.15) is 11.3 Å². The van der Waals surface area contributed by atoms with E-state index in [2.05, 4.69) is 4.98 Å². The van der Waals surface area contributed by atoms with E-state index in [1.807, 2.05) is 54.1 Å². The molecular weight excluding hydrogens is 376 g/mol. The molecule has 28 heavy (non-hydrogen) atoms. The van der Waals surface area contributed by atoms with Crippen molar-refractivity contribution < 1.29 is 4.79 Å². The topological polar surface area (TPSA) is 101 Å². The molecule has 0 aliphatic carbocycles. The van der Waals surface area contributed by atoms with Gasteiger partial charge in [0.2, 0.25) is 5.91 Å². The fourth-order valence-electron chi connectivity index (χ4n) is 3.01. The minimum Gasteiger partial charge on any atom is -0.383 e. The number of aromatic nitrogens is 2. The van der Waals surface area contributed by atoms with Crippen LogP contribution in [0.15, 0.2) is 56.7 Å². The second-order valence-electron chi connectivity index (χ2n) is 6.42. The van der Waals surface area contributed by atoms with Gasteiger partial charge in [-0.25, -0.2) is 4.79 Å². The molecule has 0 aliphatic rings. The number of carbonyl (C=O) groups excluding carboxylic acids is 1. The number of nitrogens with zero attached hydrogens (tertiary/aromatic N) is 2.